The first-order chi connectivity index (χ1) is 5.77. The third-order valence-corrected chi connectivity index (χ3v) is 1.76. The van der Waals surface area contributed by atoms with Crippen molar-refractivity contribution >= 4 is 5.96 Å². The van der Waals surface area contributed by atoms with E-state index in [2.05, 4.69) is 4.99 Å². The summed E-state index contributed by atoms with van der Waals surface area (Å²) in [6, 6.07) is 2.04. The van der Waals surface area contributed by atoms with Gasteiger partial charge in [0.15, 0.2) is 12.1 Å². The maximum Gasteiger partial charge on any atom is 0.191 e. The molecule has 0 amide bonds. The molecule has 0 saturated carbocycles. The number of rotatable bonds is 0. The van der Waals surface area contributed by atoms with Crippen molar-refractivity contribution in [3.05, 3.63) is 0 Å². The SMILES string of the molecule is CN=C(N)N1CCOC(C#N)C1. The molecule has 5 nitrogen and oxygen atoms in total. The number of nitrogens with zero attached hydrogens (tertiary/aromatic N) is 3. The summed E-state index contributed by atoms with van der Waals surface area (Å²) < 4.78 is 5.14. The van der Waals surface area contributed by atoms with Crippen molar-refractivity contribution in [1.82, 2.24) is 4.90 Å². The van der Waals surface area contributed by atoms with Crippen LogP contribution >= 0.6 is 0 Å². The van der Waals surface area contributed by atoms with E-state index in [1.165, 1.54) is 0 Å². The predicted molar refractivity (Wildman–Crippen MR) is 44.5 cm³/mol. The molecule has 0 aromatic carbocycles. The molecule has 0 aromatic rings. The molecule has 2 N–H and O–H groups in total. The van der Waals surface area contributed by atoms with Gasteiger partial charge in [-0.3, -0.25) is 4.99 Å². The molecule has 0 aromatic heterocycles. The maximum atomic E-state index is 8.58. The Hall–Kier alpha value is -1.28. The number of hydrogen-bond acceptors (Lipinski definition) is 3. The van der Waals surface area contributed by atoms with Crippen molar-refractivity contribution < 1.29 is 4.74 Å². The lowest BCUT2D eigenvalue weighted by Gasteiger charge is -2.30. The van der Waals surface area contributed by atoms with Gasteiger partial charge in [-0.2, -0.15) is 5.26 Å². The van der Waals surface area contributed by atoms with Crippen LogP contribution in [0.5, 0.6) is 0 Å². The Labute approximate surface area is 71.4 Å². The summed E-state index contributed by atoms with van der Waals surface area (Å²) in [6.45, 7) is 1.76. The lowest BCUT2D eigenvalue weighted by Crippen LogP contribution is -2.48. The van der Waals surface area contributed by atoms with Gasteiger partial charge in [0.25, 0.3) is 0 Å². The highest BCUT2D eigenvalue weighted by atomic mass is 16.5. The molecule has 0 bridgehead atoms. The fourth-order valence-corrected chi connectivity index (χ4v) is 1.08. The van der Waals surface area contributed by atoms with Crippen LogP contribution in [-0.4, -0.2) is 43.7 Å². The molecule has 1 aliphatic heterocycles. The fourth-order valence-electron chi connectivity index (χ4n) is 1.08. The molecule has 1 aliphatic rings. The van der Waals surface area contributed by atoms with Gasteiger partial charge >= 0.3 is 0 Å². The zero-order chi connectivity index (χ0) is 8.97. The van der Waals surface area contributed by atoms with Crippen LogP contribution in [-0.2, 0) is 4.74 Å². The van der Waals surface area contributed by atoms with E-state index in [0.29, 0.717) is 25.7 Å². The zero-order valence-corrected chi connectivity index (χ0v) is 7.03. The molecule has 1 fully saturated rings. The first-order valence-corrected chi connectivity index (χ1v) is 3.76. The second-order valence-electron chi connectivity index (χ2n) is 2.52. The Kier molecular flexibility index (Phi) is 2.88. The topological polar surface area (TPSA) is 74.6 Å². The average Bonchev–Trinajstić information content (AvgIpc) is 2.17. The largest absolute Gasteiger partial charge is 0.370 e. The number of hydrogen-bond donors (Lipinski definition) is 1. The van der Waals surface area contributed by atoms with Crippen molar-refractivity contribution in [3.63, 3.8) is 0 Å². The smallest absolute Gasteiger partial charge is 0.191 e. The summed E-state index contributed by atoms with van der Waals surface area (Å²) in [6.07, 6.45) is -0.376. The molecule has 1 unspecified atom stereocenters. The number of nitrogens with two attached hydrogens (primary N) is 1. The van der Waals surface area contributed by atoms with E-state index < -0.39 is 0 Å². The minimum absolute atomic E-state index is 0.376. The molecule has 5 heteroatoms. The van der Waals surface area contributed by atoms with Crippen LogP contribution in [0.25, 0.3) is 0 Å². The first-order valence-electron chi connectivity index (χ1n) is 3.76. The van der Waals surface area contributed by atoms with Crippen LogP contribution in [0.3, 0.4) is 0 Å². The standard InChI is InChI=1S/C7H12N4O/c1-10-7(9)11-2-3-12-6(4-8)5-11/h6H,2-3,5H2,1H3,(H2,9,10). The van der Waals surface area contributed by atoms with Crippen LogP contribution in [0.1, 0.15) is 0 Å². The Bertz CT molecular complexity index is 220. The Balaban J connectivity index is 2.53. The minimum Gasteiger partial charge on any atom is -0.370 e. The van der Waals surface area contributed by atoms with Gasteiger partial charge in [0.1, 0.15) is 0 Å². The van der Waals surface area contributed by atoms with E-state index in [0.717, 1.165) is 0 Å². The third kappa shape index (κ3) is 1.86. The summed E-state index contributed by atoms with van der Waals surface area (Å²) in [7, 11) is 1.63. The molecule has 0 radical (unpaired) electrons. The summed E-state index contributed by atoms with van der Waals surface area (Å²) >= 11 is 0. The van der Waals surface area contributed by atoms with Gasteiger partial charge in [-0.05, 0) is 0 Å². The number of morpholine rings is 1. The minimum atomic E-state index is -0.376. The van der Waals surface area contributed by atoms with E-state index in [-0.39, 0.29) is 6.10 Å². The van der Waals surface area contributed by atoms with Gasteiger partial charge in [-0.15, -0.1) is 0 Å². The number of aliphatic imine (C=N–C) groups is 1. The van der Waals surface area contributed by atoms with E-state index in [1.807, 2.05) is 11.0 Å². The maximum absolute atomic E-state index is 8.58. The summed E-state index contributed by atoms with van der Waals surface area (Å²) in [5.74, 6) is 0.471. The van der Waals surface area contributed by atoms with Crippen LogP contribution in [0, 0.1) is 11.3 Å². The Morgan fingerprint density at radius 1 is 1.83 bits per heavy atom. The van der Waals surface area contributed by atoms with Gasteiger partial charge in [-0.1, -0.05) is 0 Å². The fraction of sp³-hybridized carbons (Fsp3) is 0.714. The quantitative estimate of drug-likeness (QED) is 0.378. The second kappa shape index (κ2) is 3.93. The molecule has 1 saturated heterocycles. The van der Waals surface area contributed by atoms with Crippen molar-refractivity contribution in [1.29, 1.82) is 5.26 Å². The highest BCUT2D eigenvalue weighted by Crippen LogP contribution is 2.03. The monoisotopic (exact) mass is 168 g/mol. The Morgan fingerprint density at radius 3 is 3.17 bits per heavy atom. The molecular formula is C7H12N4O. The molecule has 1 heterocycles. The van der Waals surface area contributed by atoms with Crippen LogP contribution in [0.2, 0.25) is 0 Å². The second-order valence-corrected chi connectivity index (χ2v) is 2.52. The molecule has 66 valence electrons. The molecule has 0 spiro atoms. The highest BCUT2D eigenvalue weighted by Gasteiger charge is 2.20. The van der Waals surface area contributed by atoms with Crippen LogP contribution < -0.4 is 5.73 Å². The summed E-state index contributed by atoms with van der Waals surface area (Å²) in [5, 5.41) is 8.58. The van der Waals surface area contributed by atoms with Crippen molar-refractivity contribution in [2.45, 2.75) is 6.10 Å². The third-order valence-electron chi connectivity index (χ3n) is 1.76. The van der Waals surface area contributed by atoms with E-state index >= 15 is 0 Å². The number of nitriles is 1. The van der Waals surface area contributed by atoms with Gasteiger partial charge in [-0.25, -0.2) is 0 Å². The molecular weight excluding hydrogens is 156 g/mol. The summed E-state index contributed by atoms with van der Waals surface area (Å²) in [4.78, 5) is 5.68. The first kappa shape index (κ1) is 8.81. The predicted octanol–water partition coefficient (Wildman–Crippen LogP) is -0.845. The lowest BCUT2D eigenvalue weighted by molar-refractivity contribution is 0.0260. The van der Waals surface area contributed by atoms with E-state index in [1.54, 1.807) is 7.05 Å². The van der Waals surface area contributed by atoms with Gasteiger partial charge < -0.3 is 15.4 Å². The normalized spacial score (nSPS) is 25.2. The number of ether oxygens (including phenoxy) is 1. The summed E-state index contributed by atoms with van der Waals surface area (Å²) in [5.41, 5.74) is 5.58. The van der Waals surface area contributed by atoms with E-state index in [9.17, 15) is 0 Å². The highest BCUT2D eigenvalue weighted by molar-refractivity contribution is 5.78. The Morgan fingerprint density at radius 2 is 2.58 bits per heavy atom. The molecule has 12 heavy (non-hydrogen) atoms. The molecule has 1 atom stereocenters. The van der Waals surface area contributed by atoms with Gasteiger partial charge in [0, 0.05) is 13.6 Å². The molecule has 0 aliphatic carbocycles. The van der Waals surface area contributed by atoms with Crippen LogP contribution in [0.15, 0.2) is 4.99 Å². The van der Waals surface area contributed by atoms with Gasteiger partial charge in [0.05, 0.1) is 19.2 Å². The average molecular weight is 168 g/mol. The van der Waals surface area contributed by atoms with Gasteiger partial charge in [0.2, 0.25) is 0 Å². The van der Waals surface area contributed by atoms with Crippen molar-refractivity contribution in [2.75, 3.05) is 26.7 Å². The molecule has 1 rings (SSSR count). The van der Waals surface area contributed by atoms with Crippen LogP contribution in [0.4, 0.5) is 0 Å². The number of guanidine groups is 1. The van der Waals surface area contributed by atoms with E-state index in [4.69, 9.17) is 15.7 Å². The van der Waals surface area contributed by atoms with Crippen molar-refractivity contribution in [3.8, 4) is 6.07 Å². The zero-order valence-electron chi connectivity index (χ0n) is 7.03. The lowest BCUT2D eigenvalue weighted by atomic mass is 10.3. The van der Waals surface area contributed by atoms with Crippen molar-refractivity contribution in [2.24, 2.45) is 10.7 Å².